The van der Waals surface area contributed by atoms with Crippen LogP contribution in [0.15, 0.2) is 47.4 Å². The number of benzene rings is 2. The first-order valence-electron chi connectivity index (χ1n) is 6.76. The predicted octanol–water partition coefficient (Wildman–Crippen LogP) is 4.12. The average molecular weight is 393 g/mol. The second-order valence-electron chi connectivity index (χ2n) is 5.00. The first-order valence-corrected chi connectivity index (χ1v) is 8.62. The number of alkyl halides is 3. The second kappa shape index (κ2) is 6.93. The molecule has 1 amide bonds. The summed E-state index contributed by atoms with van der Waals surface area (Å²) in [5, 5.41) is 2.29. The van der Waals surface area contributed by atoms with Crippen LogP contribution in [0.4, 0.5) is 24.5 Å². The number of nitrogens with one attached hydrogen (secondary N) is 2. The fourth-order valence-corrected chi connectivity index (χ4v) is 3.20. The van der Waals surface area contributed by atoms with Gasteiger partial charge in [0.15, 0.2) is 0 Å². The molecule has 134 valence electrons. The number of anilines is 2. The van der Waals surface area contributed by atoms with E-state index in [0.29, 0.717) is 11.8 Å². The average Bonchev–Trinajstić information content (AvgIpc) is 2.48. The van der Waals surface area contributed by atoms with E-state index < -0.39 is 21.8 Å². The van der Waals surface area contributed by atoms with E-state index in [4.69, 9.17) is 11.6 Å². The Kier molecular flexibility index (Phi) is 5.28. The van der Waals surface area contributed by atoms with Crippen LogP contribution in [0.5, 0.6) is 0 Å². The minimum Gasteiger partial charge on any atom is -0.326 e. The molecule has 2 rings (SSSR count). The lowest BCUT2D eigenvalue weighted by Crippen LogP contribution is -2.14. The van der Waals surface area contributed by atoms with Crippen LogP contribution in [0, 0.1) is 0 Å². The van der Waals surface area contributed by atoms with Crippen molar-refractivity contribution in [1.29, 1.82) is 0 Å². The monoisotopic (exact) mass is 392 g/mol. The molecule has 0 radical (unpaired) electrons. The Morgan fingerprint density at radius 2 is 1.68 bits per heavy atom. The summed E-state index contributed by atoms with van der Waals surface area (Å²) in [6, 6.07) is 7.44. The molecule has 0 heterocycles. The minimum absolute atomic E-state index is 0.175. The third-order valence-corrected chi connectivity index (χ3v) is 4.73. The van der Waals surface area contributed by atoms with Crippen LogP contribution in [-0.4, -0.2) is 14.3 Å². The van der Waals surface area contributed by atoms with Gasteiger partial charge >= 0.3 is 6.18 Å². The summed E-state index contributed by atoms with van der Waals surface area (Å²) in [6.45, 7) is 1.29. The SMILES string of the molecule is CC(=O)Nc1ccc(S(=O)(=O)Nc2cc(C(F)(F)F)ccc2Cl)cc1. The van der Waals surface area contributed by atoms with E-state index in [0.717, 1.165) is 12.1 Å². The van der Waals surface area contributed by atoms with Gasteiger partial charge in [-0.3, -0.25) is 9.52 Å². The topological polar surface area (TPSA) is 75.3 Å². The molecule has 0 aliphatic carbocycles. The fraction of sp³-hybridized carbons (Fsp3) is 0.133. The van der Waals surface area contributed by atoms with Crippen LogP contribution in [0.1, 0.15) is 12.5 Å². The smallest absolute Gasteiger partial charge is 0.326 e. The highest BCUT2D eigenvalue weighted by molar-refractivity contribution is 7.92. The van der Waals surface area contributed by atoms with Crippen LogP contribution < -0.4 is 10.0 Å². The number of sulfonamides is 1. The van der Waals surface area contributed by atoms with Crippen molar-refractivity contribution in [3.05, 3.63) is 53.1 Å². The molecule has 0 aromatic heterocycles. The molecule has 2 aromatic rings. The van der Waals surface area contributed by atoms with Crippen molar-refractivity contribution in [3.8, 4) is 0 Å². The van der Waals surface area contributed by atoms with Gasteiger partial charge in [-0.2, -0.15) is 13.2 Å². The Hall–Kier alpha value is -2.26. The molecular weight excluding hydrogens is 381 g/mol. The van der Waals surface area contributed by atoms with E-state index in [1.54, 1.807) is 0 Å². The zero-order chi connectivity index (χ0) is 18.8. The number of carbonyl (C=O) groups is 1. The van der Waals surface area contributed by atoms with Crippen molar-refractivity contribution >= 4 is 38.9 Å². The summed E-state index contributed by atoms with van der Waals surface area (Å²) >= 11 is 5.78. The number of rotatable bonds is 4. The van der Waals surface area contributed by atoms with Crippen LogP contribution in [-0.2, 0) is 21.0 Å². The molecule has 0 aliphatic rings. The molecule has 2 aromatic carbocycles. The van der Waals surface area contributed by atoms with E-state index in [9.17, 15) is 26.4 Å². The molecule has 10 heteroatoms. The highest BCUT2D eigenvalue weighted by Crippen LogP contribution is 2.34. The van der Waals surface area contributed by atoms with E-state index in [1.807, 2.05) is 4.72 Å². The van der Waals surface area contributed by atoms with Gasteiger partial charge in [0.1, 0.15) is 0 Å². The summed E-state index contributed by atoms with van der Waals surface area (Å²) in [6.07, 6.45) is -4.63. The van der Waals surface area contributed by atoms with Crippen molar-refractivity contribution in [2.24, 2.45) is 0 Å². The third-order valence-electron chi connectivity index (χ3n) is 3.02. The van der Waals surface area contributed by atoms with Gasteiger partial charge in [-0.1, -0.05) is 11.6 Å². The number of hydrogen-bond acceptors (Lipinski definition) is 3. The van der Waals surface area contributed by atoms with E-state index in [-0.39, 0.29) is 21.5 Å². The summed E-state index contributed by atoms with van der Waals surface area (Å²) in [5.41, 5.74) is -1.04. The number of hydrogen-bond donors (Lipinski definition) is 2. The Labute approximate surface area is 146 Å². The lowest BCUT2D eigenvalue weighted by atomic mass is 10.2. The Balaban J connectivity index is 2.31. The van der Waals surface area contributed by atoms with Crippen LogP contribution in [0.25, 0.3) is 0 Å². The second-order valence-corrected chi connectivity index (χ2v) is 7.09. The number of halogens is 4. The van der Waals surface area contributed by atoms with Gasteiger partial charge in [0, 0.05) is 12.6 Å². The summed E-state index contributed by atoms with van der Waals surface area (Å²) in [4.78, 5) is 10.7. The quantitative estimate of drug-likeness (QED) is 0.821. The predicted molar refractivity (Wildman–Crippen MR) is 88.0 cm³/mol. The highest BCUT2D eigenvalue weighted by atomic mass is 35.5. The normalized spacial score (nSPS) is 11.9. The standard InChI is InChI=1S/C15H12ClF3N2O3S/c1-9(22)20-11-3-5-12(6-4-11)25(23,24)21-14-8-10(15(17,18)19)2-7-13(14)16/h2-8,21H,1H3,(H,20,22). The van der Waals surface area contributed by atoms with E-state index in [2.05, 4.69) is 5.32 Å². The van der Waals surface area contributed by atoms with Gasteiger partial charge in [-0.05, 0) is 42.5 Å². The van der Waals surface area contributed by atoms with Crippen molar-refractivity contribution in [1.82, 2.24) is 0 Å². The molecule has 2 N–H and O–H groups in total. The molecule has 0 saturated heterocycles. The van der Waals surface area contributed by atoms with Gasteiger partial charge in [-0.25, -0.2) is 8.42 Å². The molecule has 0 aliphatic heterocycles. The summed E-state index contributed by atoms with van der Waals surface area (Å²) in [5.74, 6) is -0.329. The van der Waals surface area contributed by atoms with E-state index in [1.165, 1.54) is 31.2 Å². The van der Waals surface area contributed by atoms with Crippen molar-refractivity contribution < 1.29 is 26.4 Å². The molecular formula is C15H12ClF3N2O3S. The minimum atomic E-state index is -4.63. The van der Waals surface area contributed by atoms with Gasteiger partial charge in [0.05, 0.1) is 21.2 Å². The molecule has 0 saturated carbocycles. The lowest BCUT2D eigenvalue weighted by molar-refractivity contribution is -0.137. The van der Waals surface area contributed by atoms with Crippen molar-refractivity contribution in [2.45, 2.75) is 18.0 Å². The Bertz CT molecular complexity index is 897. The molecule has 0 spiro atoms. The molecule has 0 atom stereocenters. The summed E-state index contributed by atoms with van der Waals surface area (Å²) < 4.78 is 64.9. The largest absolute Gasteiger partial charge is 0.416 e. The Morgan fingerprint density at radius 3 is 2.20 bits per heavy atom. The molecule has 0 bridgehead atoms. The molecule has 0 unspecified atom stereocenters. The maximum absolute atomic E-state index is 12.7. The maximum atomic E-state index is 12.7. The molecule has 25 heavy (non-hydrogen) atoms. The van der Waals surface area contributed by atoms with Crippen LogP contribution >= 0.6 is 11.6 Å². The van der Waals surface area contributed by atoms with Crippen LogP contribution in [0.2, 0.25) is 5.02 Å². The van der Waals surface area contributed by atoms with Crippen molar-refractivity contribution in [2.75, 3.05) is 10.0 Å². The maximum Gasteiger partial charge on any atom is 0.416 e. The lowest BCUT2D eigenvalue weighted by Gasteiger charge is -2.13. The first-order chi connectivity index (χ1) is 11.5. The first kappa shape index (κ1) is 19.1. The summed E-state index contributed by atoms with van der Waals surface area (Å²) in [7, 11) is -4.16. The number of amides is 1. The van der Waals surface area contributed by atoms with Crippen molar-refractivity contribution in [3.63, 3.8) is 0 Å². The van der Waals surface area contributed by atoms with E-state index >= 15 is 0 Å². The molecule has 0 fully saturated rings. The Morgan fingerprint density at radius 1 is 1.08 bits per heavy atom. The number of carbonyl (C=O) groups excluding carboxylic acids is 1. The fourth-order valence-electron chi connectivity index (χ4n) is 1.90. The zero-order valence-corrected chi connectivity index (χ0v) is 14.3. The highest BCUT2D eigenvalue weighted by Gasteiger charge is 2.31. The van der Waals surface area contributed by atoms with Gasteiger partial charge in [0.2, 0.25) is 5.91 Å². The third kappa shape index (κ3) is 4.86. The molecule has 5 nitrogen and oxygen atoms in total. The van der Waals surface area contributed by atoms with Gasteiger partial charge in [-0.15, -0.1) is 0 Å². The van der Waals surface area contributed by atoms with Gasteiger partial charge < -0.3 is 5.32 Å². The zero-order valence-electron chi connectivity index (χ0n) is 12.7. The van der Waals surface area contributed by atoms with Crippen LogP contribution in [0.3, 0.4) is 0 Å². The van der Waals surface area contributed by atoms with Gasteiger partial charge in [0.25, 0.3) is 10.0 Å².